The lowest BCUT2D eigenvalue weighted by molar-refractivity contribution is 0.123. The van der Waals surface area contributed by atoms with Gasteiger partial charge >= 0.3 is 8.80 Å². The van der Waals surface area contributed by atoms with Crippen LogP contribution in [-0.4, -0.2) is 42.4 Å². The third-order valence-electron chi connectivity index (χ3n) is 3.26. The van der Waals surface area contributed by atoms with Crippen LogP contribution in [0.5, 0.6) is 0 Å². The van der Waals surface area contributed by atoms with E-state index in [1.54, 1.807) is 21.3 Å². The predicted molar refractivity (Wildman–Crippen MR) is 73.6 cm³/mol. The van der Waals surface area contributed by atoms with Crippen molar-refractivity contribution in [1.29, 1.82) is 0 Å². The molecule has 17 heavy (non-hydrogen) atoms. The standard InChI is InChI=1S/C12H27NO3Si/c1-7-11(2)12(3)13-9-8-10-17(14-4,15-5)16-6/h11H,7-10H2,1-6H3. The average molecular weight is 261 g/mol. The van der Waals surface area contributed by atoms with E-state index in [0.717, 1.165) is 25.4 Å². The maximum absolute atomic E-state index is 5.36. The Morgan fingerprint density at radius 2 is 1.71 bits per heavy atom. The smallest absolute Gasteiger partial charge is 0.377 e. The quantitative estimate of drug-likeness (QED) is 0.364. The van der Waals surface area contributed by atoms with Crippen molar-refractivity contribution >= 4 is 14.5 Å². The van der Waals surface area contributed by atoms with Gasteiger partial charge in [0, 0.05) is 39.6 Å². The first kappa shape index (κ1) is 16.8. The largest absolute Gasteiger partial charge is 0.500 e. The van der Waals surface area contributed by atoms with Crippen molar-refractivity contribution in [2.45, 2.75) is 39.7 Å². The van der Waals surface area contributed by atoms with E-state index < -0.39 is 8.80 Å². The van der Waals surface area contributed by atoms with Gasteiger partial charge in [-0.3, -0.25) is 4.99 Å². The molecule has 0 heterocycles. The Hall–Kier alpha value is -0.233. The van der Waals surface area contributed by atoms with Crippen molar-refractivity contribution in [2.75, 3.05) is 27.9 Å². The monoisotopic (exact) mass is 261 g/mol. The Morgan fingerprint density at radius 1 is 1.18 bits per heavy atom. The zero-order chi connectivity index (χ0) is 13.3. The highest BCUT2D eigenvalue weighted by molar-refractivity contribution is 6.60. The summed E-state index contributed by atoms with van der Waals surface area (Å²) >= 11 is 0. The lowest BCUT2D eigenvalue weighted by Gasteiger charge is -2.23. The van der Waals surface area contributed by atoms with Crippen LogP contribution in [0.15, 0.2) is 4.99 Å². The molecule has 0 bridgehead atoms. The summed E-state index contributed by atoms with van der Waals surface area (Å²) in [5.41, 5.74) is 1.23. The van der Waals surface area contributed by atoms with Gasteiger partial charge in [-0.15, -0.1) is 0 Å². The third-order valence-corrected chi connectivity index (χ3v) is 6.09. The molecule has 5 heteroatoms. The van der Waals surface area contributed by atoms with Crippen molar-refractivity contribution < 1.29 is 13.3 Å². The number of rotatable bonds is 9. The highest BCUT2D eigenvalue weighted by Crippen LogP contribution is 2.15. The van der Waals surface area contributed by atoms with Crippen LogP contribution in [0.2, 0.25) is 6.04 Å². The second kappa shape index (κ2) is 8.80. The molecule has 0 saturated carbocycles. The van der Waals surface area contributed by atoms with Crippen LogP contribution in [0.25, 0.3) is 0 Å². The van der Waals surface area contributed by atoms with Gasteiger partial charge in [-0.1, -0.05) is 13.8 Å². The SMILES string of the molecule is CCC(C)C(C)=NCCC[Si](OC)(OC)OC. The van der Waals surface area contributed by atoms with Gasteiger partial charge in [-0.05, 0) is 25.7 Å². The molecule has 0 amide bonds. The summed E-state index contributed by atoms with van der Waals surface area (Å²) in [5.74, 6) is 0.573. The highest BCUT2D eigenvalue weighted by atomic mass is 28.4. The molecule has 0 aromatic heterocycles. The summed E-state index contributed by atoms with van der Waals surface area (Å²) in [6, 6.07) is 0.813. The van der Waals surface area contributed by atoms with Gasteiger partial charge in [0.1, 0.15) is 0 Å². The second-order valence-corrected chi connectivity index (χ2v) is 7.32. The normalized spacial score (nSPS) is 15.1. The van der Waals surface area contributed by atoms with Gasteiger partial charge in [0.25, 0.3) is 0 Å². The molecule has 0 fully saturated rings. The summed E-state index contributed by atoms with van der Waals surface area (Å²) in [7, 11) is 2.54. The van der Waals surface area contributed by atoms with Gasteiger partial charge in [-0.2, -0.15) is 0 Å². The summed E-state index contributed by atoms with van der Waals surface area (Å²) in [6.07, 6.45) is 2.08. The Bertz CT molecular complexity index is 222. The molecule has 1 unspecified atom stereocenters. The Morgan fingerprint density at radius 3 is 2.12 bits per heavy atom. The predicted octanol–water partition coefficient (Wildman–Crippen LogP) is 2.76. The highest BCUT2D eigenvalue weighted by Gasteiger charge is 2.36. The molecule has 0 aliphatic heterocycles. The fourth-order valence-corrected chi connectivity index (χ4v) is 3.26. The van der Waals surface area contributed by atoms with Gasteiger partial charge in [0.15, 0.2) is 0 Å². The topological polar surface area (TPSA) is 40.0 Å². The van der Waals surface area contributed by atoms with Crippen LogP contribution in [0.4, 0.5) is 0 Å². The molecule has 0 aromatic rings. The summed E-state index contributed by atoms with van der Waals surface area (Å²) in [5, 5.41) is 0. The van der Waals surface area contributed by atoms with Crippen LogP contribution in [0, 0.1) is 5.92 Å². The molecular weight excluding hydrogens is 234 g/mol. The van der Waals surface area contributed by atoms with Gasteiger partial charge in [-0.25, -0.2) is 0 Å². The maximum Gasteiger partial charge on any atom is 0.500 e. The molecule has 0 rings (SSSR count). The Kier molecular flexibility index (Phi) is 8.68. The minimum Gasteiger partial charge on any atom is -0.377 e. The van der Waals surface area contributed by atoms with Crippen LogP contribution in [-0.2, 0) is 13.3 Å². The molecule has 0 aliphatic rings. The van der Waals surface area contributed by atoms with Gasteiger partial charge in [0.05, 0.1) is 0 Å². The van der Waals surface area contributed by atoms with E-state index in [9.17, 15) is 0 Å². The van der Waals surface area contributed by atoms with Crippen LogP contribution >= 0.6 is 0 Å². The van der Waals surface area contributed by atoms with Crippen LogP contribution in [0.3, 0.4) is 0 Å². The molecule has 0 N–H and O–H groups in total. The average Bonchev–Trinajstić information content (AvgIpc) is 2.38. The fraction of sp³-hybridized carbons (Fsp3) is 0.917. The zero-order valence-electron chi connectivity index (χ0n) is 12.1. The van der Waals surface area contributed by atoms with Gasteiger partial charge in [0.2, 0.25) is 0 Å². The Labute approximate surface area is 107 Å². The number of hydrogen-bond donors (Lipinski definition) is 0. The van der Waals surface area contributed by atoms with E-state index in [4.69, 9.17) is 13.3 Å². The van der Waals surface area contributed by atoms with Crippen LogP contribution < -0.4 is 0 Å². The van der Waals surface area contributed by atoms with Gasteiger partial charge < -0.3 is 13.3 Å². The van der Waals surface area contributed by atoms with E-state index in [1.807, 2.05) is 0 Å². The van der Waals surface area contributed by atoms with Crippen molar-refractivity contribution in [3.8, 4) is 0 Å². The fourth-order valence-electron chi connectivity index (χ4n) is 1.56. The van der Waals surface area contributed by atoms with E-state index >= 15 is 0 Å². The van der Waals surface area contributed by atoms with Crippen molar-refractivity contribution in [3.05, 3.63) is 0 Å². The van der Waals surface area contributed by atoms with Crippen LogP contribution in [0.1, 0.15) is 33.6 Å². The Balaban J connectivity index is 4.06. The van der Waals surface area contributed by atoms with Crippen molar-refractivity contribution in [3.63, 3.8) is 0 Å². The molecule has 0 aromatic carbocycles. The second-order valence-electron chi connectivity index (χ2n) is 4.23. The van der Waals surface area contributed by atoms with E-state index in [1.165, 1.54) is 5.71 Å². The minimum atomic E-state index is -2.39. The molecular formula is C12H27NO3Si. The van der Waals surface area contributed by atoms with E-state index in [-0.39, 0.29) is 0 Å². The van der Waals surface area contributed by atoms with E-state index in [0.29, 0.717) is 5.92 Å². The number of hydrogen-bond acceptors (Lipinski definition) is 4. The molecule has 4 nitrogen and oxygen atoms in total. The molecule has 0 radical (unpaired) electrons. The summed E-state index contributed by atoms with van der Waals surface area (Å²) < 4.78 is 16.1. The molecule has 102 valence electrons. The van der Waals surface area contributed by atoms with Crippen molar-refractivity contribution in [2.24, 2.45) is 10.9 Å². The number of nitrogens with zero attached hydrogens (tertiary/aromatic N) is 1. The first-order valence-corrected chi connectivity index (χ1v) is 8.14. The zero-order valence-corrected chi connectivity index (χ0v) is 13.1. The molecule has 0 saturated heterocycles. The molecule has 0 spiro atoms. The third kappa shape index (κ3) is 5.77. The summed E-state index contributed by atoms with van der Waals surface area (Å²) in [6.45, 7) is 7.31. The molecule has 0 aliphatic carbocycles. The number of aliphatic imine (C=N–C) groups is 1. The summed E-state index contributed by atoms with van der Waals surface area (Å²) in [4.78, 5) is 4.57. The first-order valence-electron chi connectivity index (χ1n) is 6.21. The lowest BCUT2D eigenvalue weighted by atomic mass is 10.0. The molecule has 1 atom stereocenters. The lowest BCUT2D eigenvalue weighted by Crippen LogP contribution is -2.42. The maximum atomic E-state index is 5.36. The first-order chi connectivity index (χ1) is 8.05. The van der Waals surface area contributed by atoms with E-state index in [2.05, 4.69) is 25.8 Å². The minimum absolute atomic E-state index is 0.573. The van der Waals surface area contributed by atoms with Crippen molar-refractivity contribution in [1.82, 2.24) is 0 Å².